The summed E-state index contributed by atoms with van der Waals surface area (Å²) in [6, 6.07) is 8.67. The maximum absolute atomic E-state index is 13.5. The molecule has 0 saturated carbocycles. The predicted octanol–water partition coefficient (Wildman–Crippen LogP) is 3.56. The number of halogens is 1. The molecule has 0 spiro atoms. The molecule has 0 fully saturated rings. The lowest BCUT2D eigenvalue weighted by Crippen LogP contribution is -2.31. The summed E-state index contributed by atoms with van der Waals surface area (Å²) < 4.78 is 29.7. The van der Waals surface area contributed by atoms with Gasteiger partial charge in [0.1, 0.15) is 12.0 Å². The van der Waals surface area contributed by atoms with Gasteiger partial charge >= 0.3 is 0 Å². The number of hydrogen-bond acceptors (Lipinski definition) is 6. The molecule has 2 aromatic rings. The third-order valence-corrected chi connectivity index (χ3v) is 4.19. The second kappa shape index (κ2) is 7.43. The number of nitrogens with zero attached hydrogens (tertiary/aromatic N) is 1. The molecule has 0 aromatic heterocycles. The minimum absolute atomic E-state index is 0.200. The van der Waals surface area contributed by atoms with Crippen LogP contribution in [0, 0.1) is 12.7 Å². The van der Waals surface area contributed by atoms with Crippen LogP contribution >= 0.6 is 0 Å². The van der Waals surface area contributed by atoms with Gasteiger partial charge in [-0.2, -0.15) is 0 Å². The van der Waals surface area contributed by atoms with Gasteiger partial charge in [0.2, 0.25) is 5.75 Å². The first kappa shape index (κ1) is 17.7. The molecule has 7 heteroatoms. The Bertz CT molecular complexity index is 801. The van der Waals surface area contributed by atoms with E-state index in [0.717, 1.165) is 11.3 Å². The maximum atomic E-state index is 13.5. The average molecular weight is 359 g/mol. The zero-order chi connectivity index (χ0) is 18.7. The molecule has 26 heavy (non-hydrogen) atoms. The Kier molecular flexibility index (Phi) is 5.06. The lowest BCUT2D eigenvalue weighted by atomic mass is 10.1. The van der Waals surface area contributed by atoms with Crippen molar-refractivity contribution in [1.29, 1.82) is 0 Å². The Morgan fingerprint density at radius 1 is 1.04 bits per heavy atom. The van der Waals surface area contributed by atoms with Crippen LogP contribution < -0.4 is 25.0 Å². The van der Waals surface area contributed by atoms with E-state index in [1.807, 2.05) is 29.5 Å². The lowest BCUT2D eigenvalue weighted by molar-refractivity contribution is 0.312. The van der Waals surface area contributed by atoms with Crippen molar-refractivity contribution < 1.29 is 18.6 Å². The van der Waals surface area contributed by atoms with Gasteiger partial charge in [-0.05, 0) is 42.8 Å². The SMILES string of the molecule is COc1cc(C2NC=CN2Nc2ccc(F)c(C)c2)cc(OC)c1OC. The molecule has 0 amide bonds. The quantitative estimate of drug-likeness (QED) is 0.823. The van der Waals surface area contributed by atoms with Crippen LogP contribution in [0.15, 0.2) is 42.7 Å². The number of hydrazine groups is 1. The number of ether oxygens (including phenoxy) is 3. The van der Waals surface area contributed by atoms with Crippen LogP contribution in [0.25, 0.3) is 0 Å². The molecule has 1 aliphatic heterocycles. The van der Waals surface area contributed by atoms with E-state index in [1.165, 1.54) is 6.07 Å². The van der Waals surface area contributed by atoms with Crippen molar-refractivity contribution in [2.45, 2.75) is 13.1 Å². The molecule has 1 atom stereocenters. The topological polar surface area (TPSA) is 55.0 Å². The summed E-state index contributed by atoms with van der Waals surface area (Å²) in [6.45, 7) is 1.73. The van der Waals surface area contributed by atoms with Gasteiger partial charge in [-0.1, -0.05) is 0 Å². The van der Waals surface area contributed by atoms with Crippen molar-refractivity contribution in [3.8, 4) is 17.2 Å². The fourth-order valence-electron chi connectivity index (χ4n) is 2.86. The summed E-state index contributed by atoms with van der Waals surface area (Å²) in [4.78, 5) is 0. The summed E-state index contributed by atoms with van der Waals surface area (Å²) in [5.74, 6) is 1.46. The summed E-state index contributed by atoms with van der Waals surface area (Å²) in [6.07, 6.45) is 3.50. The van der Waals surface area contributed by atoms with Crippen molar-refractivity contribution in [1.82, 2.24) is 10.3 Å². The molecular formula is C19H22FN3O3. The molecule has 1 unspecified atom stereocenters. The molecule has 2 N–H and O–H groups in total. The summed E-state index contributed by atoms with van der Waals surface area (Å²) in [5, 5.41) is 5.15. The number of rotatable bonds is 6. The van der Waals surface area contributed by atoms with Crippen LogP contribution in [-0.2, 0) is 0 Å². The number of hydrogen-bond donors (Lipinski definition) is 2. The Morgan fingerprint density at radius 3 is 2.31 bits per heavy atom. The number of anilines is 1. The van der Waals surface area contributed by atoms with Gasteiger partial charge in [-0.25, -0.2) is 4.39 Å². The Balaban J connectivity index is 1.89. The Morgan fingerprint density at radius 2 is 1.73 bits per heavy atom. The highest BCUT2D eigenvalue weighted by molar-refractivity contribution is 5.55. The number of aryl methyl sites for hydroxylation is 1. The maximum Gasteiger partial charge on any atom is 0.203 e. The Hall–Kier alpha value is -3.09. The van der Waals surface area contributed by atoms with Crippen LogP contribution in [0.3, 0.4) is 0 Å². The first-order chi connectivity index (χ1) is 12.6. The summed E-state index contributed by atoms with van der Waals surface area (Å²) >= 11 is 0. The molecule has 6 nitrogen and oxygen atoms in total. The number of nitrogens with one attached hydrogen (secondary N) is 2. The van der Waals surface area contributed by atoms with Gasteiger partial charge in [-0.15, -0.1) is 0 Å². The van der Waals surface area contributed by atoms with Crippen molar-refractivity contribution in [3.05, 3.63) is 59.7 Å². The van der Waals surface area contributed by atoms with Crippen LogP contribution in [0.5, 0.6) is 17.2 Å². The van der Waals surface area contributed by atoms with E-state index in [2.05, 4.69) is 10.7 Å². The molecule has 0 saturated heterocycles. The van der Waals surface area contributed by atoms with E-state index >= 15 is 0 Å². The van der Waals surface area contributed by atoms with E-state index in [4.69, 9.17) is 14.2 Å². The van der Waals surface area contributed by atoms with Gasteiger partial charge in [0.05, 0.1) is 27.0 Å². The predicted molar refractivity (Wildman–Crippen MR) is 97.7 cm³/mol. The molecule has 0 radical (unpaired) electrons. The summed E-state index contributed by atoms with van der Waals surface area (Å²) in [7, 11) is 4.73. The third-order valence-electron chi connectivity index (χ3n) is 4.19. The fraction of sp³-hybridized carbons (Fsp3) is 0.263. The highest BCUT2D eigenvalue weighted by Crippen LogP contribution is 2.40. The van der Waals surface area contributed by atoms with Crippen molar-refractivity contribution in [2.75, 3.05) is 26.8 Å². The van der Waals surface area contributed by atoms with E-state index in [9.17, 15) is 4.39 Å². The number of benzene rings is 2. The lowest BCUT2D eigenvalue weighted by Gasteiger charge is -2.28. The van der Waals surface area contributed by atoms with Crippen molar-refractivity contribution in [3.63, 3.8) is 0 Å². The van der Waals surface area contributed by atoms with Gasteiger partial charge in [0.15, 0.2) is 11.5 Å². The number of methoxy groups -OCH3 is 3. The van der Waals surface area contributed by atoms with Gasteiger partial charge in [0.25, 0.3) is 0 Å². The smallest absolute Gasteiger partial charge is 0.203 e. The molecular weight excluding hydrogens is 337 g/mol. The summed E-state index contributed by atoms with van der Waals surface area (Å²) in [5.41, 5.74) is 5.54. The molecule has 3 rings (SSSR count). The van der Waals surface area contributed by atoms with E-state index < -0.39 is 0 Å². The monoisotopic (exact) mass is 359 g/mol. The molecule has 0 aliphatic carbocycles. The first-order valence-corrected chi connectivity index (χ1v) is 8.11. The third kappa shape index (κ3) is 3.33. The van der Waals surface area contributed by atoms with Crippen molar-refractivity contribution in [2.24, 2.45) is 0 Å². The van der Waals surface area contributed by atoms with Crippen LogP contribution in [0.1, 0.15) is 17.3 Å². The molecule has 2 aromatic carbocycles. The largest absolute Gasteiger partial charge is 0.493 e. The zero-order valence-electron chi connectivity index (χ0n) is 15.2. The minimum Gasteiger partial charge on any atom is -0.493 e. The molecule has 1 aliphatic rings. The second-order valence-electron chi connectivity index (χ2n) is 5.83. The van der Waals surface area contributed by atoms with Gasteiger partial charge in [0, 0.05) is 18.0 Å². The molecule has 1 heterocycles. The zero-order valence-corrected chi connectivity index (χ0v) is 15.2. The van der Waals surface area contributed by atoms with Gasteiger partial charge < -0.3 is 19.5 Å². The first-order valence-electron chi connectivity index (χ1n) is 8.11. The average Bonchev–Trinajstić information content (AvgIpc) is 3.11. The van der Waals surface area contributed by atoms with Crippen LogP contribution in [0.4, 0.5) is 10.1 Å². The highest BCUT2D eigenvalue weighted by Gasteiger charge is 2.24. The van der Waals surface area contributed by atoms with E-state index in [0.29, 0.717) is 22.8 Å². The van der Waals surface area contributed by atoms with Crippen LogP contribution in [-0.4, -0.2) is 26.3 Å². The fourth-order valence-corrected chi connectivity index (χ4v) is 2.86. The minimum atomic E-state index is -0.230. The molecule has 0 bridgehead atoms. The molecule has 138 valence electrons. The Labute approximate surface area is 152 Å². The second-order valence-corrected chi connectivity index (χ2v) is 5.83. The van der Waals surface area contributed by atoms with Gasteiger partial charge in [-0.3, -0.25) is 10.4 Å². The standard InChI is InChI=1S/C19H22FN3O3/c1-12-9-14(5-6-15(12)20)22-23-8-7-21-19(23)13-10-16(24-2)18(26-4)17(11-13)25-3/h5-11,19,21-22H,1-4H3. The van der Waals surface area contributed by atoms with E-state index in [-0.39, 0.29) is 12.0 Å². The highest BCUT2D eigenvalue weighted by atomic mass is 19.1. The van der Waals surface area contributed by atoms with E-state index in [1.54, 1.807) is 40.4 Å². The normalized spacial score (nSPS) is 15.6. The van der Waals surface area contributed by atoms with Crippen molar-refractivity contribution >= 4 is 5.69 Å². The van der Waals surface area contributed by atoms with Crippen LogP contribution in [0.2, 0.25) is 0 Å².